The fourth-order valence-electron chi connectivity index (χ4n) is 1.33. The van der Waals surface area contributed by atoms with Crippen LogP contribution in [0.15, 0.2) is 24.3 Å². The van der Waals surface area contributed by atoms with Crippen LogP contribution in [0.2, 0.25) is 0 Å². The molecular formula is C12H13NO3. The predicted octanol–water partition coefficient (Wildman–Crippen LogP) is 2.21. The Bertz CT molecular complexity index is 392. The molecule has 0 aliphatic heterocycles. The molecule has 0 bridgehead atoms. The molecule has 1 rings (SSSR count). The Morgan fingerprint density at radius 1 is 1.44 bits per heavy atom. The van der Waals surface area contributed by atoms with Crippen LogP contribution in [0.4, 0.5) is 0 Å². The van der Waals surface area contributed by atoms with Crippen molar-refractivity contribution in [1.29, 1.82) is 5.26 Å². The first-order valence-corrected chi connectivity index (χ1v) is 4.85. The number of ether oxygens (including phenoxy) is 2. The summed E-state index contributed by atoms with van der Waals surface area (Å²) in [6, 6.07) is 9.09. The van der Waals surface area contributed by atoms with Crippen LogP contribution < -0.4 is 4.74 Å². The summed E-state index contributed by atoms with van der Waals surface area (Å²) in [4.78, 5) is 10.9. The van der Waals surface area contributed by atoms with Gasteiger partial charge in [0.15, 0.2) is 0 Å². The Hall–Kier alpha value is -2.02. The third-order valence-electron chi connectivity index (χ3n) is 2.07. The molecule has 0 saturated carbocycles. The average molecular weight is 219 g/mol. The SMILES string of the molecule is COc1ccc([C@@H](CC#N)OC(C)=O)cc1. The molecule has 1 aromatic rings. The van der Waals surface area contributed by atoms with Gasteiger partial charge in [-0.1, -0.05) is 12.1 Å². The molecule has 0 radical (unpaired) electrons. The monoisotopic (exact) mass is 219 g/mol. The van der Waals surface area contributed by atoms with Crippen molar-refractivity contribution in [3.63, 3.8) is 0 Å². The molecule has 84 valence electrons. The van der Waals surface area contributed by atoms with Crippen LogP contribution in [0, 0.1) is 11.3 Å². The molecule has 0 fully saturated rings. The van der Waals surface area contributed by atoms with Crippen molar-refractivity contribution in [2.24, 2.45) is 0 Å². The molecule has 0 aliphatic rings. The third kappa shape index (κ3) is 3.28. The maximum Gasteiger partial charge on any atom is 0.303 e. The lowest BCUT2D eigenvalue weighted by Gasteiger charge is -2.14. The van der Waals surface area contributed by atoms with E-state index in [4.69, 9.17) is 14.7 Å². The number of esters is 1. The zero-order valence-electron chi connectivity index (χ0n) is 9.27. The Morgan fingerprint density at radius 3 is 2.50 bits per heavy atom. The molecule has 0 unspecified atom stereocenters. The number of hydrogen-bond donors (Lipinski definition) is 0. The van der Waals surface area contributed by atoms with Crippen molar-refractivity contribution in [2.45, 2.75) is 19.4 Å². The Balaban J connectivity index is 2.84. The van der Waals surface area contributed by atoms with Crippen LogP contribution in [0.25, 0.3) is 0 Å². The molecule has 0 aromatic heterocycles. The van der Waals surface area contributed by atoms with Crippen LogP contribution in [-0.4, -0.2) is 13.1 Å². The summed E-state index contributed by atoms with van der Waals surface area (Å²) in [5.74, 6) is 0.332. The molecule has 0 heterocycles. The summed E-state index contributed by atoms with van der Waals surface area (Å²) < 4.78 is 10.1. The second-order valence-corrected chi connectivity index (χ2v) is 3.23. The van der Waals surface area contributed by atoms with E-state index in [1.807, 2.05) is 6.07 Å². The van der Waals surface area contributed by atoms with Crippen LogP contribution in [0.3, 0.4) is 0 Å². The zero-order valence-corrected chi connectivity index (χ0v) is 9.27. The molecule has 4 nitrogen and oxygen atoms in total. The second-order valence-electron chi connectivity index (χ2n) is 3.23. The van der Waals surface area contributed by atoms with Crippen molar-refractivity contribution in [1.82, 2.24) is 0 Å². The molecule has 4 heteroatoms. The van der Waals surface area contributed by atoms with Crippen LogP contribution in [0.1, 0.15) is 25.0 Å². The van der Waals surface area contributed by atoms with Gasteiger partial charge in [-0.15, -0.1) is 0 Å². The first kappa shape index (κ1) is 12.1. The Labute approximate surface area is 94.4 Å². The number of carbonyl (C=O) groups is 1. The summed E-state index contributed by atoms with van der Waals surface area (Å²) in [5, 5.41) is 8.65. The highest BCUT2D eigenvalue weighted by Crippen LogP contribution is 2.23. The number of carbonyl (C=O) groups excluding carboxylic acids is 1. The lowest BCUT2D eigenvalue weighted by atomic mass is 10.1. The molecule has 0 amide bonds. The molecule has 0 aliphatic carbocycles. The van der Waals surface area contributed by atoms with E-state index in [0.29, 0.717) is 0 Å². The van der Waals surface area contributed by atoms with Gasteiger partial charge in [0, 0.05) is 6.92 Å². The standard InChI is InChI=1S/C12H13NO3/c1-9(14)16-12(7-8-13)10-3-5-11(15-2)6-4-10/h3-6,12H,7H2,1-2H3/t12-/m1/s1. The van der Waals surface area contributed by atoms with Gasteiger partial charge in [0.1, 0.15) is 11.9 Å². The molecular weight excluding hydrogens is 206 g/mol. The molecule has 16 heavy (non-hydrogen) atoms. The first-order valence-electron chi connectivity index (χ1n) is 4.85. The van der Waals surface area contributed by atoms with Gasteiger partial charge >= 0.3 is 5.97 Å². The van der Waals surface area contributed by atoms with E-state index in [1.165, 1.54) is 6.92 Å². The van der Waals surface area contributed by atoms with Crippen molar-refractivity contribution in [3.8, 4) is 11.8 Å². The Morgan fingerprint density at radius 2 is 2.06 bits per heavy atom. The van der Waals surface area contributed by atoms with Crippen molar-refractivity contribution in [3.05, 3.63) is 29.8 Å². The lowest BCUT2D eigenvalue weighted by molar-refractivity contribution is -0.146. The topological polar surface area (TPSA) is 59.3 Å². The smallest absolute Gasteiger partial charge is 0.303 e. The number of rotatable bonds is 4. The van der Waals surface area contributed by atoms with Gasteiger partial charge in [-0.3, -0.25) is 4.79 Å². The van der Waals surface area contributed by atoms with Gasteiger partial charge in [0.05, 0.1) is 19.6 Å². The molecule has 0 spiro atoms. The maximum absolute atomic E-state index is 10.9. The highest BCUT2D eigenvalue weighted by atomic mass is 16.5. The van der Waals surface area contributed by atoms with E-state index in [0.717, 1.165) is 11.3 Å². The summed E-state index contributed by atoms with van der Waals surface area (Å²) in [7, 11) is 1.58. The van der Waals surface area contributed by atoms with E-state index < -0.39 is 12.1 Å². The summed E-state index contributed by atoms with van der Waals surface area (Å²) >= 11 is 0. The van der Waals surface area contributed by atoms with Crippen molar-refractivity contribution in [2.75, 3.05) is 7.11 Å². The molecule has 1 aromatic carbocycles. The van der Waals surface area contributed by atoms with Crippen LogP contribution in [0.5, 0.6) is 5.75 Å². The predicted molar refractivity (Wildman–Crippen MR) is 57.7 cm³/mol. The minimum atomic E-state index is -0.506. The van der Waals surface area contributed by atoms with Crippen LogP contribution in [-0.2, 0) is 9.53 Å². The van der Waals surface area contributed by atoms with Gasteiger partial charge < -0.3 is 9.47 Å². The summed E-state index contributed by atoms with van der Waals surface area (Å²) in [5.41, 5.74) is 0.789. The number of nitrogens with zero attached hydrogens (tertiary/aromatic N) is 1. The minimum Gasteiger partial charge on any atom is -0.497 e. The summed E-state index contributed by atoms with van der Waals surface area (Å²) in [6.45, 7) is 1.33. The van der Waals surface area contributed by atoms with Crippen molar-refractivity contribution < 1.29 is 14.3 Å². The lowest BCUT2D eigenvalue weighted by Crippen LogP contribution is -2.07. The van der Waals surface area contributed by atoms with E-state index in [-0.39, 0.29) is 6.42 Å². The Kier molecular flexibility index (Phi) is 4.34. The van der Waals surface area contributed by atoms with E-state index in [9.17, 15) is 4.79 Å². The third-order valence-corrected chi connectivity index (χ3v) is 2.07. The minimum absolute atomic E-state index is 0.145. The number of benzene rings is 1. The van der Waals surface area contributed by atoms with Gasteiger partial charge in [-0.2, -0.15) is 5.26 Å². The second kappa shape index (κ2) is 5.76. The molecule has 0 saturated heterocycles. The maximum atomic E-state index is 10.9. The molecule has 1 atom stereocenters. The highest BCUT2D eigenvalue weighted by Gasteiger charge is 2.14. The van der Waals surface area contributed by atoms with E-state index >= 15 is 0 Å². The fourth-order valence-corrected chi connectivity index (χ4v) is 1.33. The normalized spacial score (nSPS) is 11.3. The van der Waals surface area contributed by atoms with E-state index in [2.05, 4.69) is 0 Å². The van der Waals surface area contributed by atoms with Crippen LogP contribution >= 0.6 is 0 Å². The zero-order chi connectivity index (χ0) is 12.0. The van der Waals surface area contributed by atoms with Gasteiger partial charge in [-0.05, 0) is 17.7 Å². The van der Waals surface area contributed by atoms with Gasteiger partial charge in [0.2, 0.25) is 0 Å². The number of nitriles is 1. The van der Waals surface area contributed by atoms with Gasteiger partial charge in [0.25, 0.3) is 0 Å². The molecule has 0 N–H and O–H groups in total. The number of hydrogen-bond acceptors (Lipinski definition) is 4. The quantitative estimate of drug-likeness (QED) is 0.728. The first-order chi connectivity index (χ1) is 7.67. The summed E-state index contributed by atoms with van der Waals surface area (Å²) in [6.07, 6.45) is -0.361. The van der Waals surface area contributed by atoms with Gasteiger partial charge in [-0.25, -0.2) is 0 Å². The average Bonchev–Trinajstić information content (AvgIpc) is 2.28. The fraction of sp³-hybridized carbons (Fsp3) is 0.333. The highest BCUT2D eigenvalue weighted by molar-refractivity contribution is 5.66. The van der Waals surface area contributed by atoms with Crippen molar-refractivity contribution >= 4 is 5.97 Å². The number of methoxy groups -OCH3 is 1. The largest absolute Gasteiger partial charge is 0.497 e. The van der Waals surface area contributed by atoms with E-state index in [1.54, 1.807) is 31.4 Å².